The lowest BCUT2D eigenvalue weighted by molar-refractivity contribution is 0.0703. The van der Waals surface area contributed by atoms with Crippen molar-refractivity contribution in [1.82, 2.24) is 9.78 Å². The summed E-state index contributed by atoms with van der Waals surface area (Å²) in [5.41, 5.74) is 1.31. The van der Waals surface area contributed by atoms with Gasteiger partial charge in [0.15, 0.2) is 5.69 Å². The molecule has 2 heterocycles. The van der Waals surface area contributed by atoms with E-state index in [0.29, 0.717) is 5.69 Å². The van der Waals surface area contributed by atoms with Crippen molar-refractivity contribution in [3.63, 3.8) is 0 Å². The molecule has 2 rings (SSSR count). The fraction of sp³-hybridized carbons (Fsp3) is 0.182. The Balaban J connectivity index is 2.27. The number of aryl methyl sites for hydroxylation is 2. The standard InChI is InChI=1S/C11H11N3O3S/c1-6-5-18-9(11(16)17)8(6)12-10(15)7-3-4-14(2)13-7/h3-5H,1-2H3,(H,12,15)(H,16,17). The van der Waals surface area contributed by atoms with Crippen LogP contribution in [0.3, 0.4) is 0 Å². The van der Waals surface area contributed by atoms with Gasteiger partial charge in [-0.15, -0.1) is 11.3 Å². The van der Waals surface area contributed by atoms with Crippen LogP contribution in [-0.2, 0) is 7.05 Å². The van der Waals surface area contributed by atoms with Crippen LogP contribution >= 0.6 is 11.3 Å². The van der Waals surface area contributed by atoms with Crippen LogP contribution in [0.2, 0.25) is 0 Å². The summed E-state index contributed by atoms with van der Waals surface area (Å²) in [5, 5.41) is 17.2. The molecule has 0 aliphatic heterocycles. The van der Waals surface area contributed by atoms with Crippen LogP contribution in [0.5, 0.6) is 0 Å². The Morgan fingerprint density at radius 2 is 2.22 bits per heavy atom. The second kappa shape index (κ2) is 4.61. The van der Waals surface area contributed by atoms with Crippen LogP contribution in [0.1, 0.15) is 25.7 Å². The zero-order valence-corrected chi connectivity index (χ0v) is 10.6. The third-order valence-corrected chi connectivity index (χ3v) is 3.44. The van der Waals surface area contributed by atoms with E-state index in [1.165, 1.54) is 4.68 Å². The molecule has 0 radical (unpaired) electrons. The molecule has 0 atom stereocenters. The average Bonchev–Trinajstić information content (AvgIpc) is 2.87. The van der Waals surface area contributed by atoms with Gasteiger partial charge in [-0.3, -0.25) is 9.48 Å². The van der Waals surface area contributed by atoms with Gasteiger partial charge in [0.1, 0.15) is 4.88 Å². The van der Waals surface area contributed by atoms with Crippen molar-refractivity contribution in [2.75, 3.05) is 5.32 Å². The number of carboxylic acid groups (broad SMARTS) is 1. The molecule has 2 aromatic heterocycles. The topological polar surface area (TPSA) is 84.2 Å². The summed E-state index contributed by atoms with van der Waals surface area (Å²) in [6.45, 7) is 1.75. The van der Waals surface area contributed by atoms with Crippen molar-refractivity contribution >= 4 is 28.9 Å². The van der Waals surface area contributed by atoms with Crippen molar-refractivity contribution in [3.8, 4) is 0 Å². The summed E-state index contributed by atoms with van der Waals surface area (Å²) in [5.74, 6) is -1.47. The minimum atomic E-state index is -1.05. The molecule has 0 saturated carbocycles. The minimum absolute atomic E-state index is 0.122. The molecular formula is C11H11N3O3S. The number of aromatic nitrogens is 2. The molecule has 0 aromatic carbocycles. The monoisotopic (exact) mass is 265 g/mol. The molecule has 0 fully saturated rings. The molecule has 94 valence electrons. The van der Waals surface area contributed by atoms with Gasteiger partial charge in [0, 0.05) is 13.2 Å². The molecule has 2 N–H and O–H groups in total. The van der Waals surface area contributed by atoms with Gasteiger partial charge in [-0.25, -0.2) is 4.79 Å². The molecule has 0 unspecified atom stereocenters. The Labute approximate surface area is 107 Å². The molecule has 0 spiro atoms. The lowest BCUT2D eigenvalue weighted by Crippen LogP contribution is -2.15. The summed E-state index contributed by atoms with van der Waals surface area (Å²) in [4.78, 5) is 23.0. The highest BCUT2D eigenvalue weighted by Crippen LogP contribution is 2.27. The lowest BCUT2D eigenvalue weighted by Gasteiger charge is -2.04. The number of aromatic carboxylic acids is 1. The Kier molecular flexibility index (Phi) is 3.15. The van der Waals surface area contributed by atoms with E-state index in [9.17, 15) is 9.59 Å². The molecule has 0 bridgehead atoms. The average molecular weight is 265 g/mol. The highest BCUT2D eigenvalue weighted by molar-refractivity contribution is 7.12. The summed E-state index contributed by atoms with van der Waals surface area (Å²) in [7, 11) is 1.70. The van der Waals surface area contributed by atoms with E-state index in [1.54, 1.807) is 31.6 Å². The fourth-order valence-corrected chi connectivity index (χ4v) is 2.31. The molecule has 0 aliphatic carbocycles. The minimum Gasteiger partial charge on any atom is -0.477 e. The molecule has 2 aromatic rings. The Hall–Kier alpha value is -2.15. The molecule has 0 saturated heterocycles. The zero-order chi connectivity index (χ0) is 13.3. The lowest BCUT2D eigenvalue weighted by atomic mass is 10.2. The van der Waals surface area contributed by atoms with Crippen LogP contribution in [0.4, 0.5) is 5.69 Å². The molecule has 0 aliphatic rings. The van der Waals surface area contributed by atoms with Gasteiger partial charge in [-0.2, -0.15) is 5.10 Å². The van der Waals surface area contributed by atoms with Gasteiger partial charge in [0.05, 0.1) is 5.69 Å². The van der Waals surface area contributed by atoms with E-state index in [1.807, 2.05) is 0 Å². The molecule has 6 nitrogen and oxygen atoms in total. The first-order chi connectivity index (χ1) is 8.49. The van der Waals surface area contributed by atoms with Crippen LogP contribution in [-0.4, -0.2) is 26.8 Å². The molecule has 7 heteroatoms. The van der Waals surface area contributed by atoms with E-state index >= 15 is 0 Å². The number of carboxylic acids is 1. The smallest absolute Gasteiger partial charge is 0.348 e. The van der Waals surface area contributed by atoms with Crippen LogP contribution in [0, 0.1) is 6.92 Å². The van der Waals surface area contributed by atoms with E-state index in [4.69, 9.17) is 5.11 Å². The maximum atomic E-state index is 11.9. The SMILES string of the molecule is Cc1csc(C(=O)O)c1NC(=O)c1ccn(C)n1. The van der Waals surface area contributed by atoms with Gasteiger partial charge in [0.25, 0.3) is 5.91 Å². The maximum Gasteiger partial charge on any atom is 0.348 e. The van der Waals surface area contributed by atoms with Crippen LogP contribution < -0.4 is 5.32 Å². The number of carbonyl (C=O) groups excluding carboxylic acids is 1. The largest absolute Gasteiger partial charge is 0.477 e. The van der Waals surface area contributed by atoms with E-state index in [0.717, 1.165) is 16.9 Å². The van der Waals surface area contributed by atoms with Crippen LogP contribution in [0.15, 0.2) is 17.6 Å². The number of nitrogens with zero attached hydrogens (tertiary/aromatic N) is 2. The van der Waals surface area contributed by atoms with Crippen molar-refractivity contribution in [2.24, 2.45) is 7.05 Å². The number of carbonyl (C=O) groups is 2. The van der Waals surface area contributed by atoms with Gasteiger partial charge in [-0.05, 0) is 23.9 Å². The zero-order valence-electron chi connectivity index (χ0n) is 9.80. The first-order valence-electron chi connectivity index (χ1n) is 5.11. The first-order valence-corrected chi connectivity index (χ1v) is 5.99. The predicted octanol–water partition coefficient (Wildman–Crippen LogP) is 1.74. The van der Waals surface area contributed by atoms with E-state index in [-0.39, 0.29) is 10.6 Å². The van der Waals surface area contributed by atoms with Gasteiger partial charge in [-0.1, -0.05) is 0 Å². The summed E-state index contributed by atoms with van der Waals surface area (Å²) < 4.78 is 1.51. The Bertz CT molecular complexity index is 615. The number of thiophene rings is 1. The quantitative estimate of drug-likeness (QED) is 0.885. The number of hydrogen-bond acceptors (Lipinski definition) is 4. The van der Waals surface area contributed by atoms with Crippen molar-refractivity contribution in [2.45, 2.75) is 6.92 Å². The normalized spacial score (nSPS) is 10.3. The molecule has 1 amide bonds. The summed E-state index contributed by atoms with van der Waals surface area (Å²) in [6, 6.07) is 1.57. The first kappa shape index (κ1) is 12.3. The maximum absolute atomic E-state index is 11.9. The third kappa shape index (κ3) is 2.25. The number of anilines is 1. The van der Waals surface area contributed by atoms with Crippen molar-refractivity contribution in [3.05, 3.63) is 33.8 Å². The number of nitrogens with one attached hydrogen (secondary N) is 1. The highest BCUT2D eigenvalue weighted by Gasteiger charge is 2.18. The van der Waals surface area contributed by atoms with Gasteiger partial charge < -0.3 is 10.4 Å². The Morgan fingerprint density at radius 3 is 2.78 bits per heavy atom. The second-order valence-corrected chi connectivity index (χ2v) is 4.64. The van der Waals surface area contributed by atoms with Gasteiger partial charge >= 0.3 is 5.97 Å². The number of hydrogen-bond donors (Lipinski definition) is 2. The number of rotatable bonds is 3. The highest BCUT2D eigenvalue weighted by atomic mass is 32.1. The molecule has 18 heavy (non-hydrogen) atoms. The predicted molar refractivity (Wildman–Crippen MR) is 67.2 cm³/mol. The molecular weight excluding hydrogens is 254 g/mol. The Morgan fingerprint density at radius 1 is 1.50 bits per heavy atom. The number of amides is 1. The summed E-state index contributed by atoms with van der Waals surface area (Å²) >= 11 is 1.09. The second-order valence-electron chi connectivity index (χ2n) is 3.76. The van der Waals surface area contributed by atoms with Crippen molar-refractivity contribution < 1.29 is 14.7 Å². The van der Waals surface area contributed by atoms with Crippen LogP contribution in [0.25, 0.3) is 0 Å². The van der Waals surface area contributed by atoms with E-state index < -0.39 is 11.9 Å². The fourth-order valence-electron chi connectivity index (χ4n) is 1.47. The summed E-state index contributed by atoms with van der Waals surface area (Å²) in [6.07, 6.45) is 1.65. The van der Waals surface area contributed by atoms with Gasteiger partial charge in [0.2, 0.25) is 0 Å². The van der Waals surface area contributed by atoms with Crippen molar-refractivity contribution in [1.29, 1.82) is 0 Å². The van der Waals surface area contributed by atoms with E-state index in [2.05, 4.69) is 10.4 Å². The third-order valence-electron chi connectivity index (χ3n) is 2.35.